The van der Waals surface area contributed by atoms with Crippen LogP contribution in [0, 0.1) is 0 Å². The Bertz CT molecular complexity index is 942. The molecule has 1 aromatic heterocycles. The van der Waals surface area contributed by atoms with Crippen molar-refractivity contribution in [1.82, 2.24) is 0 Å². The Labute approximate surface area is 153 Å². The fourth-order valence-corrected chi connectivity index (χ4v) is 3.62. The number of anilines is 1. The molecule has 4 nitrogen and oxygen atoms in total. The second kappa shape index (κ2) is 7.24. The van der Waals surface area contributed by atoms with Gasteiger partial charge in [-0.15, -0.1) is 0 Å². The van der Waals surface area contributed by atoms with Gasteiger partial charge in [-0.2, -0.15) is 0 Å². The summed E-state index contributed by atoms with van der Waals surface area (Å²) >= 11 is 0. The molecule has 0 saturated heterocycles. The summed E-state index contributed by atoms with van der Waals surface area (Å²) in [5.74, 6) is 1.66. The minimum Gasteiger partial charge on any atom is -0.484 e. The normalized spacial score (nSPS) is 13.4. The minimum atomic E-state index is -0.153. The molecule has 4 rings (SSSR count). The molecule has 2 aromatic carbocycles. The number of carbonyl (C=O) groups excluding carboxylic acids is 1. The second-order valence-corrected chi connectivity index (χ2v) is 6.72. The average molecular weight is 349 g/mol. The van der Waals surface area contributed by atoms with Gasteiger partial charge in [0.1, 0.15) is 17.1 Å². The molecule has 0 spiro atoms. The Balaban J connectivity index is 1.45. The Kier molecular flexibility index (Phi) is 4.65. The van der Waals surface area contributed by atoms with Gasteiger partial charge in [0, 0.05) is 23.1 Å². The number of rotatable bonds is 5. The molecule has 1 N–H and O–H groups in total. The van der Waals surface area contributed by atoms with Crippen LogP contribution >= 0.6 is 0 Å². The van der Waals surface area contributed by atoms with Crippen LogP contribution in [0.25, 0.3) is 11.0 Å². The van der Waals surface area contributed by atoms with E-state index in [4.69, 9.17) is 9.15 Å². The highest BCUT2D eigenvalue weighted by molar-refractivity contribution is 5.92. The van der Waals surface area contributed by atoms with E-state index in [9.17, 15) is 4.79 Å². The molecule has 3 aromatic rings. The monoisotopic (exact) mass is 349 g/mol. The Morgan fingerprint density at radius 2 is 2.00 bits per heavy atom. The third-order valence-electron chi connectivity index (χ3n) is 4.97. The number of ether oxygens (including phenoxy) is 1. The van der Waals surface area contributed by atoms with Crippen molar-refractivity contribution in [3.8, 4) is 5.75 Å². The zero-order valence-corrected chi connectivity index (χ0v) is 15.0. The van der Waals surface area contributed by atoms with E-state index in [0.29, 0.717) is 5.75 Å². The fourth-order valence-electron chi connectivity index (χ4n) is 3.62. The van der Waals surface area contributed by atoms with Gasteiger partial charge in [0.2, 0.25) is 0 Å². The first-order valence-corrected chi connectivity index (χ1v) is 9.29. The quantitative estimate of drug-likeness (QED) is 0.713. The van der Waals surface area contributed by atoms with Crippen LogP contribution < -0.4 is 10.1 Å². The van der Waals surface area contributed by atoms with E-state index in [2.05, 4.69) is 12.2 Å². The van der Waals surface area contributed by atoms with Crippen LogP contribution in [-0.4, -0.2) is 12.5 Å². The fraction of sp³-hybridized carbons (Fsp3) is 0.318. The lowest BCUT2D eigenvalue weighted by Gasteiger charge is -2.11. The number of nitrogens with one attached hydrogen (secondary N) is 1. The van der Waals surface area contributed by atoms with E-state index in [1.807, 2.05) is 42.5 Å². The number of aryl methyl sites for hydroxylation is 3. The van der Waals surface area contributed by atoms with Crippen molar-refractivity contribution in [3.05, 3.63) is 59.4 Å². The lowest BCUT2D eigenvalue weighted by molar-refractivity contribution is -0.118. The summed E-state index contributed by atoms with van der Waals surface area (Å²) < 4.78 is 11.7. The molecule has 1 heterocycles. The zero-order chi connectivity index (χ0) is 17.9. The highest BCUT2D eigenvalue weighted by Gasteiger charge is 2.18. The standard InChI is InChI=1S/C22H23NO3/c1-2-15-7-3-5-9-19(15)23-22(24)14-25-16-11-12-21-18(13-16)17-8-4-6-10-20(17)26-21/h3,5,7,9,11-13H,2,4,6,8,10,14H2,1H3,(H,23,24). The number of furan rings is 1. The molecule has 1 amide bonds. The molecule has 134 valence electrons. The molecular weight excluding hydrogens is 326 g/mol. The van der Waals surface area contributed by atoms with Crippen molar-refractivity contribution in [2.24, 2.45) is 0 Å². The highest BCUT2D eigenvalue weighted by Crippen LogP contribution is 2.33. The number of para-hydroxylation sites is 1. The first-order chi connectivity index (χ1) is 12.7. The Hall–Kier alpha value is -2.75. The van der Waals surface area contributed by atoms with Crippen LogP contribution in [0.15, 0.2) is 46.9 Å². The SMILES string of the molecule is CCc1ccccc1NC(=O)COc1ccc2oc3c(c2c1)CCCC3. The van der Waals surface area contributed by atoms with Gasteiger partial charge in [-0.05, 0) is 55.5 Å². The number of hydrogen-bond acceptors (Lipinski definition) is 3. The van der Waals surface area contributed by atoms with Crippen molar-refractivity contribution in [3.63, 3.8) is 0 Å². The lowest BCUT2D eigenvalue weighted by Crippen LogP contribution is -2.20. The van der Waals surface area contributed by atoms with E-state index in [0.717, 1.165) is 47.2 Å². The van der Waals surface area contributed by atoms with Crippen LogP contribution in [-0.2, 0) is 24.1 Å². The largest absolute Gasteiger partial charge is 0.484 e. The maximum absolute atomic E-state index is 12.2. The summed E-state index contributed by atoms with van der Waals surface area (Å²) in [6.07, 6.45) is 5.33. The van der Waals surface area contributed by atoms with Gasteiger partial charge < -0.3 is 14.5 Å². The van der Waals surface area contributed by atoms with Gasteiger partial charge in [-0.3, -0.25) is 4.79 Å². The predicted molar refractivity (Wildman–Crippen MR) is 103 cm³/mol. The molecule has 4 heteroatoms. The molecule has 1 aliphatic rings. The number of amides is 1. The van der Waals surface area contributed by atoms with E-state index in [1.54, 1.807) is 0 Å². The number of carbonyl (C=O) groups is 1. The molecule has 0 bridgehead atoms. The number of hydrogen-bond donors (Lipinski definition) is 1. The van der Waals surface area contributed by atoms with Gasteiger partial charge in [-0.25, -0.2) is 0 Å². The molecule has 0 radical (unpaired) electrons. The summed E-state index contributed by atoms with van der Waals surface area (Å²) in [7, 11) is 0. The van der Waals surface area contributed by atoms with Gasteiger partial charge in [0.05, 0.1) is 0 Å². The summed E-state index contributed by atoms with van der Waals surface area (Å²) in [4.78, 5) is 12.2. The van der Waals surface area contributed by atoms with Crippen molar-refractivity contribution in [2.75, 3.05) is 11.9 Å². The number of benzene rings is 2. The van der Waals surface area contributed by atoms with Crippen LogP contribution in [0.5, 0.6) is 5.75 Å². The molecule has 26 heavy (non-hydrogen) atoms. The highest BCUT2D eigenvalue weighted by atomic mass is 16.5. The van der Waals surface area contributed by atoms with Crippen LogP contribution in [0.4, 0.5) is 5.69 Å². The first kappa shape index (κ1) is 16.7. The lowest BCUT2D eigenvalue weighted by atomic mass is 9.96. The summed E-state index contributed by atoms with van der Waals surface area (Å²) in [5, 5.41) is 4.05. The topological polar surface area (TPSA) is 51.5 Å². The summed E-state index contributed by atoms with van der Waals surface area (Å²) in [6.45, 7) is 2.06. The molecule has 0 saturated carbocycles. The smallest absolute Gasteiger partial charge is 0.262 e. The van der Waals surface area contributed by atoms with Crippen molar-refractivity contribution in [2.45, 2.75) is 39.0 Å². The zero-order valence-electron chi connectivity index (χ0n) is 15.0. The van der Waals surface area contributed by atoms with E-state index >= 15 is 0 Å². The summed E-state index contributed by atoms with van der Waals surface area (Å²) in [5.41, 5.74) is 4.18. The Morgan fingerprint density at radius 3 is 2.88 bits per heavy atom. The van der Waals surface area contributed by atoms with Crippen LogP contribution in [0.1, 0.15) is 36.7 Å². The Morgan fingerprint density at radius 1 is 1.15 bits per heavy atom. The van der Waals surface area contributed by atoms with Gasteiger partial charge in [-0.1, -0.05) is 25.1 Å². The molecule has 1 aliphatic carbocycles. The summed E-state index contributed by atoms with van der Waals surface area (Å²) in [6, 6.07) is 13.6. The van der Waals surface area contributed by atoms with Crippen LogP contribution in [0.3, 0.4) is 0 Å². The van der Waals surface area contributed by atoms with E-state index in [-0.39, 0.29) is 12.5 Å². The van der Waals surface area contributed by atoms with Crippen LogP contribution in [0.2, 0.25) is 0 Å². The van der Waals surface area contributed by atoms with Crippen molar-refractivity contribution in [1.29, 1.82) is 0 Å². The molecule has 0 aliphatic heterocycles. The number of fused-ring (bicyclic) bond motifs is 3. The van der Waals surface area contributed by atoms with E-state index in [1.165, 1.54) is 18.4 Å². The van der Waals surface area contributed by atoms with E-state index < -0.39 is 0 Å². The van der Waals surface area contributed by atoms with Gasteiger partial charge >= 0.3 is 0 Å². The maximum Gasteiger partial charge on any atom is 0.262 e. The second-order valence-electron chi connectivity index (χ2n) is 6.72. The van der Waals surface area contributed by atoms with Gasteiger partial charge in [0.15, 0.2) is 6.61 Å². The average Bonchev–Trinajstić information content (AvgIpc) is 3.05. The molecule has 0 unspecified atom stereocenters. The third-order valence-corrected chi connectivity index (χ3v) is 4.97. The first-order valence-electron chi connectivity index (χ1n) is 9.29. The predicted octanol–water partition coefficient (Wildman–Crippen LogP) is 4.89. The molecular formula is C22H23NO3. The maximum atomic E-state index is 12.2. The van der Waals surface area contributed by atoms with Crippen molar-refractivity contribution < 1.29 is 13.9 Å². The third kappa shape index (κ3) is 3.32. The molecule has 0 atom stereocenters. The van der Waals surface area contributed by atoms with Crippen molar-refractivity contribution >= 4 is 22.6 Å². The molecule has 0 fully saturated rings. The minimum absolute atomic E-state index is 0.0103. The van der Waals surface area contributed by atoms with Gasteiger partial charge in [0.25, 0.3) is 5.91 Å².